The van der Waals surface area contributed by atoms with Crippen LogP contribution in [0.2, 0.25) is 0 Å². The summed E-state index contributed by atoms with van der Waals surface area (Å²) in [6.45, 7) is 2.02. The Hall–Kier alpha value is -2.67. The summed E-state index contributed by atoms with van der Waals surface area (Å²) < 4.78 is 22.8. The molecule has 26 heavy (non-hydrogen) atoms. The van der Waals surface area contributed by atoms with Crippen molar-refractivity contribution < 1.29 is 18.0 Å². The van der Waals surface area contributed by atoms with Crippen LogP contribution in [0.1, 0.15) is 34.3 Å². The lowest BCUT2D eigenvalue weighted by Gasteiger charge is -2.08. The second-order valence-electron chi connectivity index (χ2n) is 6.14. The minimum absolute atomic E-state index is 0.134. The second kappa shape index (κ2) is 8.62. The molecule has 0 radical (unpaired) electrons. The molecule has 6 nitrogen and oxygen atoms in total. The number of carbonyl (C=O) groups is 2. The number of nitrogens with one attached hydrogen (secondary N) is 2. The number of hydrogen-bond donors (Lipinski definition) is 2. The number of hydrogen-bond acceptors (Lipinski definition) is 4. The average Bonchev–Trinajstić information content (AvgIpc) is 2.61. The van der Waals surface area contributed by atoms with E-state index in [0.29, 0.717) is 12.8 Å². The van der Waals surface area contributed by atoms with Gasteiger partial charge in [0.15, 0.2) is 9.84 Å². The summed E-state index contributed by atoms with van der Waals surface area (Å²) in [6, 6.07) is 13.6. The SMILES string of the molecule is Cc1ccc(CCCC(=O)NNC(=O)c2ccc(S(C)(=O)=O)cc2)cc1. The molecule has 0 atom stereocenters. The third-order valence-electron chi connectivity index (χ3n) is 3.85. The highest BCUT2D eigenvalue weighted by Gasteiger charge is 2.10. The van der Waals surface area contributed by atoms with Gasteiger partial charge in [0, 0.05) is 18.2 Å². The predicted molar refractivity (Wildman–Crippen MR) is 99.3 cm³/mol. The Morgan fingerprint density at radius 1 is 0.923 bits per heavy atom. The fourth-order valence-corrected chi connectivity index (χ4v) is 2.95. The Balaban J connectivity index is 1.76. The molecule has 2 aromatic rings. The number of benzene rings is 2. The zero-order valence-electron chi connectivity index (χ0n) is 14.8. The summed E-state index contributed by atoms with van der Waals surface area (Å²) in [6.07, 6.45) is 2.85. The van der Waals surface area contributed by atoms with E-state index in [0.717, 1.165) is 12.7 Å². The van der Waals surface area contributed by atoms with Crippen LogP contribution in [0.4, 0.5) is 0 Å². The minimum atomic E-state index is -3.31. The Bertz CT molecular complexity index is 873. The molecule has 0 heterocycles. The predicted octanol–water partition coefficient (Wildman–Crippen LogP) is 2.18. The topological polar surface area (TPSA) is 92.3 Å². The van der Waals surface area contributed by atoms with Gasteiger partial charge in [0.1, 0.15) is 0 Å². The number of aryl methyl sites for hydroxylation is 2. The van der Waals surface area contributed by atoms with Crippen molar-refractivity contribution in [3.05, 3.63) is 65.2 Å². The van der Waals surface area contributed by atoms with Crippen molar-refractivity contribution in [3.8, 4) is 0 Å². The van der Waals surface area contributed by atoms with Crippen molar-refractivity contribution in [1.29, 1.82) is 0 Å². The molecule has 0 aliphatic heterocycles. The summed E-state index contributed by atoms with van der Waals surface area (Å²) in [5.41, 5.74) is 7.31. The zero-order valence-corrected chi connectivity index (χ0v) is 15.6. The van der Waals surface area contributed by atoms with Crippen LogP contribution >= 0.6 is 0 Å². The molecule has 138 valence electrons. The molecular weight excluding hydrogens is 352 g/mol. The first kappa shape index (κ1) is 19.7. The third kappa shape index (κ3) is 6.00. The van der Waals surface area contributed by atoms with Crippen molar-refractivity contribution in [2.45, 2.75) is 31.1 Å². The van der Waals surface area contributed by atoms with Crippen LogP contribution in [-0.4, -0.2) is 26.5 Å². The van der Waals surface area contributed by atoms with Crippen molar-refractivity contribution >= 4 is 21.7 Å². The zero-order chi connectivity index (χ0) is 19.2. The Morgan fingerprint density at radius 3 is 2.12 bits per heavy atom. The van der Waals surface area contributed by atoms with E-state index in [1.165, 1.54) is 35.4 Å². The Kier molecular flexibility index (Phi) is 6.52. The molecule has 0 spiro atoms. The molecule has 0 saturated carbocycles. The number of amides is 2. The quantitative estimate of drug-likeness (QED) is 0.758. The molecule has 0 unspecified atom stereocenters. The van der Waals surface area contributed by atoms with Crippen LogP contribution in [0, 0.1) is 6.92 Å². The smallest absolute Gasteiger partial charge is 0.269 e. The maximum absolute atomic E-state index is 12.0. The molecule has 2 rings (SSSR count). The summed E-state index contributed by atoms with van der Waals surface area (Å²) in [5.74, 6) is -0.782. The van der Waals surface area contributed by atoms with Gasteiger partial charge in [-0.3, -0.25) is 20.4 Å². The first-order chi connectivity index (χ1) is 12.3. The molecule has 0 bridgehead atoms. The first-order valence-corrected chi connectivity index (χ1v) is 10.1. The molecule has 2 amide bonds. The summed E-state index contributed by atoms with van der Waals surface area (Å²) >= 11 is 0. The highest BCUT2D eigenvalue weighted by atomic mass is 32.2. The number of carbonyl (C=O) groups excluding carboxylic acids is 2. The van der Waals surface area contributed by atoms with Gasteiger partial charge in [-0.25, -0.2) is 8.42 Å². The van der Waals surface area contributed by atoms with Crippen LogP contribution < -0.4 is 10.9 Å². The molecule has 0 aliphatic rings. The lowest BCUT2D eigenvalue weighted by Crippen LogP contribution is -2.41. The lowest BCUT2D eigenvalue weighted by atomic mass is 10.1. The van der Waals surface area contributed by atoms with E-state index in [4.69, 9.17) is 0 Å². The standard InChI is InChI=1S/C19H22N2O4S/c1-14-6-8-15(9-7-14)4-3-5-18(22)20-21-19(23)16-10-12-17(13-11-16)26(2,24)25/h6-13H,3-5H2,1-2H3,(H,20,22)(H,21,23). The summed E-state index contributed by atoms with van der Waals surface area (Å²) in [5, 5.41) is 0. The number of sulfone groups is 1. The molecular formula is C19H22N2O4S. The molecule has 0 fully saturated rings. The first-order valence-electron chi connectivity index (χ1n) is 8.20. The van der Waals surface area contributed by atoms with Crippen LogP contribution in [-0.2, 0) is 21.1 Å². The fourth-order valence-electron chi connectivity index (χ4n) is 2.32. The fraction of sp³-hybridized carbons (Fsp3) is 0.263. The van der Waals surface area contributed by atoms with Gasteiger partial charge in [-0.05, 0) is 49.6 Å². The Labute approximate surface area is 153 Å². The maximum Gasteiger partial charge on any atom is 0.269 e. The Morgan fingerprint density at radius 2 is 1.54 bits per heavy atom. The summed E-state index contributed by atoms with van der Waals surface area (Å²) in [4.78, 5) is 23.9. The van der Waals surface area contributed by atoms with Gasteiger partial charge in [-0.15, -0.1) is 0 Å². The van der Waals surface area contributed by atoms with E-state index in [1.54, 1.807) is 0 Å². The van der Waals surface area contributed by atoms with Crippen LogP contribution in [0.5, 0.6) is 0 Å². The van der Waals surface area contributed by atoms with Crippen LogP contribution in [0.15, 0.2) is 53.4 Å². The molecule has 0 saturated heterocycles. The van der Waals surface area contributed by atoms with Gasteiger partial charge in [-0.2, -0.15) is 0 Å². The third-order valence-corrected chi connectivity index (χ3v) is 4.98. The molecule has 2 aromatic carbocycles. The van der Waals surface area contributed by atoms with Gasteiger partial charge in [0.25, 0.3) is 5.91 Å². The largest absolute Gasteiger partial charge is 0.273 e. The van der Waals surface area contributed by atoms with Crippen molar-refractivity contribution in [1.82, 2.24) is 10.9 Å². The van der Waals surface area contributed by atoms with Gasteiger partial charge in [-0.1, -0.05) is 29.8 Å². The number of hydrazine groups is 1. The molecule has 7 heteroatoms. The van der Waals surface area contributed by atoms with Crippen molar-refractivity contribution in [2.24, 2.45) is 0 Å². The normalized spacial score (nSPS) is 11.0. The minimum Gasteiger partial charge on any atom is -0.273 e. The summed E-state index contributed by atoms with van der Waals surface area (Å²) in [7, 11) is -3.31. The number of rotatable bonds is 6. The molecule has 0 aromatic heterocycles. The molecule has 0 aliphatic carbocycles. The van der Waals surface area contributed by atoms with E-state index in [2.05, 4.69) is 10.9 Å². The van der Waals surface area contributed by atoms with Gasteiger partial charge < -0.3 is 0 Å². The van der Waals surface area contributed by atoms with Crippen molar-refractivity contribution in [3.63, 3.8) is 0 Å². The maximum atomic E-state index is 12.0. The van der Waals surface area contributed by atoms with E-state index in [-0.39, 0.29) is 16.4 Å². The highest BCUT2D eigenvalue weighted by Crippen LogP contribution is 2.10. The van der Waals surface area contributed by atoms with E-state index in [9.17, 15) is 18.0 Å². The van der Waals surface area contributed by atoms with Gasteiger partial charge >= 0.3 is 0 Å². The van der Waals surface area contributed by atoms with Gasteiger partial charge in [0.2, 0.25) is 5.91 Å². The monoisotopic (exact) mass is 374 g/mol. The van der Waals surface area contributed by atoms with Crippen LogP contribution in [0.3, 0.4) is 0 Å². The van der Waals surface area contributed by atoms with Crippen LogP contribution in [0.25, 0.3) is 0 Å². The lowest BCUT2D eigenvalue weighted by molar-refractivity contribution is -0.121. The highest BCUT2D eigenvalue weighted by molar-refractivity contribution is 7.90. The molecule has 2 N–H and O–H groups in total. The van der Waals surface area contributed by atoms with Crippen molar-refractivity contribution in [2.75, 3.05) is 6.26 Å². The average molecular weight is 374 g/mol. The van der Waals surface area contributed by atoms with E-state index < -0.39 is 15.7 Å². The van der Waals surface area contributed by atoms with E-state index in [1.807, 2.05) is 31.2 Å². The van der Waals surface area contributed by atoms with E-state index >= 15 is 0 Å². The van der Waals surface area contributed by atoms with Gasteiger partial charge in [0.05, 0.1) is 4.90 Å². The second-order valence-corrected chi connectivity index (χ2v) is 8.15.